The fourth-order valence-corrected chi connectivity index (χ4v) is 3.30. The van der Waals surface area contributed by atoms with E-state index in [1.807, 2.05) is 18.2 Å². The number of hydrogen-bond acceptors (Lipinski definition) is 4. The first kappa shape index (κ1) is 15.2. The molecule has 0 radical (unpaired) electrons. The molecule has 0 aliphatic carbocycles. The Morgan fingerprint density at radius 2 is 1.92 bits per heavy atom. The van der Waals surface area contributed by atoms with Gasteiger partial charge in [-0.25, -0.2) is 4.98 Å². The Balaban J connectivity index is 1.63. The predicted molar refractivity (Wildman–Crippen MR) is 98.9 cm³/mol. The van der Waals surface area contributed by atoms with Gasteiger partial charge in [0, 0.05) is 23.5 Å². The molecule has 24 heavy (non-hydrogen) atoms. The highest BCUT2D eigenvalue weighted by Gasteiger charge is 2.21. The minimum absolute atomic E-state index is 0.501. The molecule has 1 aliphatic heterocycles. The van der Waals surface area contributed by atoms with Crippen molar-refractivity contribution in [3.05, 3.63) is 70.3 Å². The zero-order valence-corrected chi connectivity index (χ0v) is 14.2. The van der Waals surface area contributed by atoms with Crippen LogP contribution >= 0.6 is 23.2 Å². The van der Waals surface area contributed by atoms with E-state index >= 15 is 0 Å². The van der Waals surface area contributed by atoms with Crippen LogP contribution in [0.5, 0.6) is 0 Å². The zero-order chi connectivity index (χ0) is 16.5. The Labute approximate surface area is 150 Å². The van der Waals surface area contributed by atoms with Crippen molar-refractivity contribution >= 4 is 46.3 Å². The molecule has 6 heteroatoms. The van der Waals surface area contributed by atoms with Crippen molar-refractivity contribution in [1.29, 1.82) is 0 Å². The highest BCUT2D eigenvalue weighted by Crippen LogP contribution is 2.34. The lowest BCUT2D eigenvalue weighted by atomic mass is 10.2. The van der Waals surface area contributed by atoms with E-state index in [0.29, 0.717) is 16.0 Å². The number of fused-ring (bicyclic) bond motifs is 1. The standard InChI is InChI=1S/C18H14Cl2N4/c19-13-5-6-15(14(20)11-13)22-18-21-9-7-17(23-18)24-10-8-12-3-1-2-4-16(12)24/h1-7,9,11H,8,10H2,(H,21,22,23). The van der Waals surface area contributed by atoms with E-state index in [2.05, 4.69) is 38.4 Å². The number of halogens is 2. The summed E-state index contributed by atoms with van der Waals surface area (Å²) in [6, 6.07) is 15.6. The molecule has 1 aliphatic rings. The Bertz CT molecular complexity index is 898. The summed E-state index contributed by atoms with van der Waals surface area (Å²) in [4.78, 5) is 11.1. The number of benzene rings is 2. The van der Waals surface area contributed by atoms with E-state index in [1.54, 1.807) is 18.3 Å². The summed E-state index contributed by atoms with van der Waals surface area (Å²) in [5, 5.41) is 4.27. The average molecular weight is 357 g/mol. The van der Waals surface area contributed by atoms with Crippen LogP contribution in [0.15, 0.2) is 54.7 Å². The van der Waals surface area contributed by atoms with Gasteiger partial charge < -0.3 is 10.2 Å². The van der Waals surface area contributed by atoms with Crippen LogP contribution in [0.2, 0.25) is 10.0 Å². The van der Waals surface area contributed by atoms with Crippen LogP contribution in [0.4, 0.5) is 23.1 Å². The number of nitrogens with zero attached hydrogens (tertiary/aromatic N) is 3. The maximum atomic E-state index is 6.20. The van der Waals surface area contributed by atoms with Crippen LogP contribution in [0.25, 0.3) is 0 Å². The molecular formula is C18H14Cl2N4. The van der Waals surface area contributed by atoms with E-state index in [-0.39, 0.29) is 0 Å². The summed E-state index contributed by atoms with van der Waals surface area (Å²) in [7, 11) is 0. The van der Waals surface area contributed by atoms with Crippen LogP contribution in [0, 0.1) is 0 Å². The van der Waals surface area contributed by atoms with E-state index in [0.717, 1.165) is 24.5 Å². The maximum absolute atomic E-state index is 6.20. The van der Waals surface area contributed by atoms with Gasteiger partial charge in [0.1, 0.15) is 5.82 Å². The largest absolute Gasteiger partial charge is 0.326 e. The first-order valence-corrected chi connectivity index (χ1v) is 8.37. The third-order valence-corrected chi connectivity index (χ3v) is 4.53. The molecule has 0 saturated carbocycles. The average Bonchev–Trinajstić information content (AvgIpc) is 3.02. The lowest BCUT2D eigenvalue weighted by Crippen LogP contribution is -2.15. The van der Waals surface area contributed by atoms with Gasteiger partial charge in [0.05, 0.1) is 10.7 Å². The first-order valence-electron chi connectivity index (χ1n) is 7.61. The topological polar surface area (TPSA) is 41.1 Å². The third-order valence-electron chi connectivity index (χ3n) is 3.98. The maximum Gasteiger partial charge on any atom is 0.229 e. The monoisotopic (exact) mass is 356 g/mol. The van der Waals surface area contributed by atoms with Gasteiger partial charge in [-0.15, -0.1) is 0 Å². The van der Waals surface area contributed by atoms with Crippen molar-refractivity contribution in [3.63, 3.8) is 0 Å². The van der Waals surface area contributed by atoms with Crippen molar-refractivity contribution in [3.8, 4) is 0 Å². The Morgan fingerprint density at radius 3 is 2.79 bits per heavy atom. The van der Waals surface area contributed by atoms with Crippen molar-refractivity contribution in [2.75, 3.05) is 16.8 Å². The molecule has 0 amide bonds. The molecule has 0 atom stereocenters. The SMILES string of the molecule is Clc1ccc(Nc2nccc(N3CCc4ccccc43)n2)c(Cl)c1. The molecule has 2 heterocycles. The second-order valence-electron chi connectivity index (χ2n) is 5.52. The summed E-state index contributed by atoms with van der Waals surface area (Å²) < 4.78 is 0. The third kappa shape index (κ3) is 2.90. The number of nitrogens with one attached hydrogen (secondary N) is 1. The number of hydrogen-bond donors (Lipinski definition) is 1. The van der Waals surface area contributed by atoms with Crippen LogP contribution in [-0.2, 0) is 6.42 Å². The van der Waals surface area contributed by atoms with Gasteiger partial charge in [-0.1, -0.05) is 41.4 Å². The van der Waals surface area contributed by atoms with Crippen molar-refractivity contribution < 1.29 is 0 Å². The van der Waals surface area contributed by atoms with Gasteiger partial charge in [0.15, 0.2) is 0 Å². The van der Waals surface area contributed by atoms with Gasteiger partial charge >= 0.3 is 0 Å². The number of aromatic nitrogens is 2. The lowest BCUT2D eigenvalue weighted by molar-refractivity contribution is 0.966. The van der Waals surface area contributed by atoms with E-state index in [4.69, 9.17) is 23.2 Å². The Morgan fingerprint density at radius 1 is 1.04 bits per heavy atom. The molecular weight excluding hydrogens is 343 g/mol. The van der Waals surface area contributed by atoms with E-state index in [1.165, 1.54) is 11.3 Å². The number of rotatable bonds is 3. The summed E-state index contributed by atoms with van der Waals surface area (Å²) in [5.74, 6) is 1.36. The van der Waals surface area contributed by atoms with Gasteiger partial charge in [-0.2, -0.15) is 4.98 Å². The predicted octanol–water partition coefficient (Wildman–Crippen LogP) is 5.22. The normalized spacial score (nSPS) is 13.0. The van der Waals surface area contributed by atoms with Crippen LogP contribution in [0.1, 0.15) is 5.56 Å². The van der Waals surface area contributed by atoms with Crippen LogP contribution in [0.3, 0.4) is 0 Å². The van der Waals surface area contributed by atoms with E-state index < -0.39 is 0 Å². The van der Waals surface area contributed by atoms with Crippen molar-refractivity contribution in [1.82, 2.24) is 9.97 Å². The van der Waals surface area contributed by atoms with Gasteiger partial charge in [-0.3, -0.25) is 0 Å². The smallest absolute Gasteiger partial charge is 0.229 e. The fourth-order valence-electron chi connectivity index (χ4n) is 2.85. The molecule has 0 fully saturated rings. The number of para-hydroxylation sites is 1. The molecule has 120 valence electrons. The molecule has 0 unspecified atom stereocenters. The minimum atomic E-state index is 0.501. The summed E-state index contributed by atoms with van der Waals surface area (Å²) >= 11 is 12.1. The highest BCUT2D eigenvalue weighted by atomic mass is 35.5. The Kier molecular flexibility index (Phi) is 4.00. The zero-order valence-electron chi connectivity index (χ0n) is 12.7. The van der Waals surface area contributed by atoms with Crippen molar-refractivity contribution in [2.45, 2.75) is 6.42 Å². The van der Waals surface area contributed by atoms with Gasteiger partial charge in [0.2, 0.25) is 5.95 Å². The van der Waals surface area contributed by atoms with Crippen molar-refractivity contribution in [2.24, 2.45) is 0 Å². The second-order valence-corrected chi connectivity index (χ2v) is 6.36. The lowest BCUT2D eigenvalue weighted by Gasteiger charge is -2.18. The molecule has 3 aromatic rings. The fraction of sp³-hybridized carbons (Fsp3) is 0.111. The summed E-state index contributed by atoms with van der Waals surface area (Å²) in [5.41, 5.74) is 3.26. The highest BCUT2D eigenvalue weighted by molar-refractivity contribution is 6.36. The molecule has 0 bridgehead atoms. The molecule has 4 nitrogen and oxygen atoms in total. The van der Waals surface area contributed by atoms with Crippen LogP contribution < -0.4 is 10.2 Å². The molecule has 2 aromatic carbocycles. The summed E-state index contributed by atoms with van der Waals surface area (Å²) in [6.07, 6.45) is 2.77. The van der Waals surface area contributed by atoms with Gasteiger partial charge in [0.25, 0.3) is 0 Å². The number of anilines is 4. The van der Waals surface area contributed by atoms with Crippen LogP contribution in [-0.4, -0.2) is 16.5 Å². The van der Waals surface area contributed by atoms with E-state index in [9.17, 15) is 0 Å². The Hall–Kier alpha value is -2.30. The van der Waals surface area contributed by atoms with Gasteiger partial charge in [-0.05, 0) is 42.3 Å². The molecule has 1 aromatic heterocycles. The summed E-state index contributed by atoms with van der Waals surface area (Å²) in [6.45, 7) is 0.914. The molecule has 0 spiro atoms. The molecule has 4 rings (SSSR count). The first-order chi connectivity index (χ1) is 11.7. The quantitative estimate of drug-likeness (QED) is 0.698. The second kappa shape index (κ2) is 6.30. The molecule has 0 saturated heterocycles. The minimum Gasteiger partial charge on any atom is -0.326 e. The molecule has 1 N–H and O–H groups in total.